The van der Waals surface area contributed by atoms with Gasteiger partial charge in [-0.05, 0) is 17.5 Å². The molecule has 0 aliphatic carbocycles. The minimum Gasteiger partial charge on any atom is -0.378 e. The number of aromatic nitrogens is 3. The summed E-state index contributed by atoms with van der Waals surface area (Å²) in [5.41, 5.74) is 0.726. The van der Waals surface area contributed by atoms with Crippen LogP contribution in [0.25, 0.3) is 0 Å². The lowest BCUT2D eigenvalue weighted by atomic mass is 10.1. The van der Waals surface area contributed by atoms with Crippen molar-refractivity contribution in [2.24, 2.45) is 0 Å². The smallest absolute Gasteiger partial charge is 0.357 e. The van der Waals surface area contributed by atoms with Gasteiger partial charge in [0.25, 0.3) is 0 Å². The van der Waals surface area contributed by atoms with E-state index >= 15 is 0 Å². The number of halogens is 2. The largest absolute Gasteiger partial charge is 0.378 e. The fourth-order valence-corrected chi connectivity index (χ4v) is 4.17. The molecule has 0 bridgehead atoms. The van der Waals surface area contributed by atoms with Crippen molar-refractivity contribution in [3.05, 3.63) is 71.4 Å². The van der Waals surface area contributed by atoms with Crippen LogP contribution in [0.2, 0.25) is 0 Å². The van der Waals surface area contributed by atoms with Gasteiger partial charge in [0.2, 0.25) is 0 Å². The van der Waals surface area contributed by atoms with E-state index in [2.05, 4.69) is 9.97 Å². The van der Waals surface area contributed by atoms with Crippen molar-refractivity contribution in [1.29, 1.82) is 0 Å². The summed E-state index contributed by atoms with van der Waals surface area (Å²) in [6.45, 7) is 3.38. The van der Waals surface area contributed by atoms with E-state index in [1.54, 1.807) is 32.2 Å². The van der Waals surface area contributed by atoms with Crippen molar-refractivity contribution in [3.63, 3.8) is 0 Å². The predicted octanol–water partition coefficient (Wildman–Crippen LogP) is 3.31. The van der Waals surface area contributed by atoms with Gasteiger partial charge in [-0.25, -0.2) is 13.8 Å². The van der Waals surface area contributed by atoms with Gasteiger partial charge >= 0.3 is 10.1 Å². The van der Waals surface area contributed by atoms with Gasteiger partial charge in [-0.15, -0.1) is 0 Å². The maximum absolute atomic E-state index is 13.5. The van der Waals surface area contributed by atoms with Crippen molar-refractivity contribution in [2.45, 2.75) is 31.3 Å². The molecule has 0 spiro atoms. The van der Waals surface area contributed by atoms with Crippen LogP contribution >= 0.6 is 0 Å². The molecule has 0 aliphatic heterocycles. The molecule has 29 heavy (non-hydrogen) atoms. The zero-order valence-electron chi connectivity index (χ0n) is 15.5. The summed E-state index contributed by atoms with van der Waals surface area (Å²) in [7, 11) is -4.57. The number of carbonyl (C=O) groups excluding carboxylic acids is 1. The van der Waals surface area contributed by atoms with Gasteiger partial charge in [0, 0.05) is 30.6 Å². The summed E-state index contributed by atoms with van der Waals surface area (Å²) < 4.78 is 59.1. The average molecular weight is 421 g/mol. The van der Waals surface area contributed by atoms with Gasteiger partial charge in [-0.2, -0.15) is 8.42 Å². The van der Waals surface area contributed by atoms with E-state index in [1.165, 1.54) is 10.8 Å². The molecule has 2 aromatic heterocycles. The van der Waals surface area contributed by atoms with E-state index in [-0.39, 0.29) is 29.0 Å². The zero-order chi connectivity index (χ0) is 21.2. The van der Waals surface area contributed by atoms with Gasteiger partial charge in [0.05, 0.1) is 12.2 Å². The van der Waals surface area contributed by atoms with E-state index in [9.17, 15) is 22.0 Å². The molecule has 152 valence electrons. The van der Waals surface area contributed by atoms with Crippen LogP contribution in [0.5, 0.6) is 5.75 Å². The van der Waals surface area contributed by atoms with Crippen LogP contribution in [0.15, 0.2) is 47.8 Å². The lowest BCUT2D eigenvalue weighted by Gasteiger charge is -2.13. The Balaban J connectivity index is 2.14. The van der Waals surface area contributed by atoms with E-state index in [4.69, 9.17) is 4.18 Å². The third kappa shape index (κ3) is 4.48. The summed E-state index contributed by atoms with van der Waals surface area (Å²) in [6.07, 6.45) is 3.50. The lowest BCUT2D eigenvalue weighted by Crippen LogP contribution is -2.19. The second kappa shape index (κ2) is 8.08. The molecule has 0 unspecified atom stereocenters. The molecule has 0 saturated heterocycles. The number of nitrogens with zero attached hydrogens (tertiary/aromatic N) is 3. The molecule has 0 amide bonds. The summed E-state index contributed by atoms with van der Waals surface area (Å²) in [6, 6.07) is 5.46. The predicted molar refractivity (Wildman–Crippen MR) is 99.2 cm³/mol. The molecule has 0 atom stereocenters. The van der Waals surface area contributed by atoms with Crippen LogP contribution in [-0.2, 0) is 16.7 Å². The Kier molecular flexibility index (Phi) is 5.73. The number of imidazole rings is 1. The number of aldehydes is 1. The third-order valence-electron chi connectivity index (χ3n) is 3.97. The molecule has 1 aromatic carbocycles. The zero-order valence-corrected chi connectivity index (χ0v) is 16.4. The Hall–Kier alpha value is -3.14. The first kappa shape index (κ1) is 20.6. The molecule has 0 N–H and O–H groups in total. The van der Waals surface area contributed by atoms with Gasteiger partial charge in [0.15, 0.2) is 17.1 Å². The Morgan fingerprint density at radius 3 is 2.45 bits per heavy atom. The van der Waals surface area contributed by atoms with Crippen LogP contribution < -0.4 is 4.18 Å². The van der Waals surface area contributed by atoms with Gasteiger partial charge in [-0.3, -0.25) is 9.78 Å². The fourth-order valence-electron chi connectivity index (χ4n) is 2.77. The standard InChI is InChI=1S/C19H17F2N3O4S/c1-12(2)18-19(29(26,27)28-16-7-14(20)6-15(21)8-16)24(17(11-25)23-18)10-13-4-3-5-22-9-13/h3-9,11-12H,10H2,1-2H3. The monoisotopic (exact) mass is 421 g/mol. The Morgan fingerprint density at radius 1 is 1.21 bits per heavy atom. The number of rotatable bonds is 7. The van der Waals surface area contributed by atoms with Crippen molar-refractivity contribution >= 4 is 16.4 Å². The average Bonchev–Trinajstić information content (AvgIpc) is 3.01. The molecular weight excluding hydrogens is 404 g/mol. The summed E-state index contributed by atoms with van der Waals surface area (Å²) in [4.78, 5) is 19.7. The van der Waals surface area contributed by atoms with Crippen LogP contribution in [0.1, 0.15) is 41.6 Å². The molecule has 7 nitrogen and oxygen atoms in total. The Morgan fingerprint density at radius 2 is 1.90 bits per heavy atom. The first-order valence-corrected chi connectivity index (χ1v) is 9.97. The lowest BCUT2D eigenvalue weighted by molar-refractivity contribution is 0.111. The number of benzene rings is 1. The minimum absolute atomic E-state index is 0.0168. The molecule has 2 heterocycles. The molecule has 0 aliphatic rings. The normalized spacial score (nSPS) is 11.6. The SMILES string of the molecule is CC(C)c1nc(C=O)n(Cc2cccnc2)c1S(=O)(=O)Oc1cc(F)cc(F)c1. The van der Waals surface area contributed by atoms with Crippen LogP contribution in [-0.4, -0.2) is 29.2 Å². The van der Waals surface area contributed by atoms with Crippen molar-refractivity contribution in [1.82, 2.24) is 14.5 Å². The number of hydrogen-bond acceptors (Lipinski definition) is 6. The van der Waals surface area contributed by atoms with E-state index in [0.717, 1.165) is 12.1 Å². The topological polar surface area (TPSA) is 91.1 Å². The van der Waals surface area contributed by atoms with Crippen molar-refractivity contribution in [2.75, 3.05) is 0 Å². The maximum Gasteiger partial charge on any atom is 0.357 e. The van der Waals surface area contributed by atoms with E-state index in [0.29, 0.717) is 17.9 Å². The molecule has 3 aromatic rings. The summed E-state index contributed by atoms with van der Waals surface area (Å²) in [5, 5.41) is -0.358. The van der Waals surface area contributed by atoms with Crippen molar-refractivity contribution < 1.29 is 26.2 Å². The maximum atomic E-state index is 13.5. The minimum atomic E-state index is -4.57. The molecule has 10 heteroatoms. The molecule has 3 rings (SSSR count). The summed E-state index contributed by atoms with van der Waals surface area (Å²) >= 11 is 0. The fraction of sp³-hybridized carbons (Fsp3) is 0.211. The number of pyridine rings is 1. The van der Waals surface area contributed by atoms with E-state index < -0.39 is 27.5 Å². The Labute approximate surface area is 166 Å². The van der Waals surface area contributed by atoms with E-state index in [1.807, 2.05) is 0 Å². The first-order valence-electron chi connectivity index (χ1n) is 8.56. The second-order valence-electron chi connectivity index (χ2n) is 6.52. The second-order valence-corrected chi connectivity index (χ2v) is 7.98. The van der Waals surface area contributed by atoms with Gasteiger partial charge < -0.3 is 8.75 Å². The highest BCUT2D eigenvalue weighted by atomic mass is 32.2. The third-order valence-corrected chi connectivity index (χ3v) is 5.29. The van der Waals surface area contributed by atoms with Gasteiger partial charge in [-0.1, -0.05) is 19.9 Å². The highest BCUT2D eigenvalue weighted by Crippen LogP contribution is 2.28. The van der Waals surface area contributed by atoms with Crippen LogP contribution in [0, 0.1) is 11.6 Å². The summed E-state index contributed by atoms with van der Waals surface area (Å²) in [5.74, 6) is -3.00. The Bertz CT molecular complexity index is 1130. The molecular formula is C19H17F2N3O4S. The molecule has 0 saturated carbocycles. The number of hydrogen-bond donors (Lipinski definition) is 0. The molecule has 0 fully saturated rings. The quantitative estimate of drug-likeness (QED) is 0.429. The highest BCUT2D eigenvalue weighted by molar-refractivity contribution is 7.87. The van der Waals surface area contributed by atoms with Crippen molar-refractivity contribution in [3.8, 4) is 5.75 Å². The van der Waals surface area contributed by atoms with Crippen LogP contribution in [0.3, 0.4) is 0 Å². The highest BCUT2D eigenvalue weighted by Gasteiger charge is 2.31. The van der Waals surface area contributed by atoms with Crippen LogP contribution in [0.4, 0.5) is 8.78 Å². The molecule has 0 radical (unpaired) electrons. The first-order chi connectivity index (χ1) is 13.7. The van der Waals surface area contributed by atoms with Gasteiger partial charge in [0.1, 0.15) is 17.4 Å². The number of carbonyl (C=O) groups is 1.